The van der Waals surface area contributed by atoms with E-state index in [0.717, 1.165) is 52.6 Å². The molecule has 0 aromatic heterocycles. The van der Waals surface area contributed by atoms with Crippen LogP contribution < -0.4 is 10.2 Å². The largest absolute Gasteiger partial charge is 0.461 e. The van der Waals surface area contributed by atoms with Crippen molar-refractivity contribution >= 4 is 29.2 Å². The van der Waals surface area contributed by atoms with Crippen molar-refractivity contribution in [2.24, 2.45) is 0 Å². The van der Waals surface area contributed by atoms with Crippen molar-refractivity contribution in [2.75, 3.05) is 37.1 Å². The van der Waals surface area contributed by atoms with Crippen molar-refractivity contribution in [3.8, 4) is 0 Å². The Kier molecular flexibility index (Phi) is 7.06. The van der Waals surface area contributed by atoms with Crippen LogP contribution in [0.1, 0.15) is 44.6 Å². The standard InChI is InChI=1S/C23H30N2O3S/c1-5-29-14-13-28-23(27)20-15(2)24-18-7-6-8-19(26)22(18)21(20)16-9-11-17(12-10-16)25(3)4/h9-12,21,24H,5-8,13-14H2,1-4H3. The first-order chi connectivity index (χ1) is 13.9. The number of carbonyl (C=O) groups is 2. The predicted molar refractivity (Wildman–Crippen MR) is 119 cm³/mol. The number of anilines is 1. The number of ketones is 1. The van der Waals surface area contributed by atoms with Crippen LogP contribution in [0.3, 0.4) is 0 Å². The first-order valence-corrected chi connectivity index (χ1v) is 11.4. The van der Waals surface area contributed by atoms with Gasteiger partial charge in [0.15, 0.2) is 5.78 Å². The molecular weight excluding hydrogens is 384 g/mol. The molecule has 2 aliphatic rings. The topological polar surface area (TPSA) is 58.6 Å². The van der Waals surface area contributed by atoms with E-state index in [2.05, 4.69) is 12.2 Å². The average Bonchev–Trinajstić information content (AvgIpc) is 2.70. The SMILES string of the molecule is CCSCCOC(=O)C1=C(C)NC2=C(C(=O)CCC2)C1c1ccc(N(C)C)cc1. The van der Waals surface area contributed by atoms with Gasteiger partial charge < -0.3 is 15.0 Å². The third kappa shape index (κ3) is 4.69. The minimum atomic E-state index is -0.374. The number of allylic oxidation sites excluding steroid dienone is 3. The summed E-state index contributed by atoms with van der Waals surface area (Å²) in [5, 5.41) is 3.33. The number of hydrogen-bond donors (Lipinski definition) is 1. The van der Waals surface area contributed by atoms with Crippen molar-refractivity contribution in [3.63, 3.8) is 0 Å². The molecule has 0 saturated heterocycles. The van der Waals surface area contributed by atoms with Crippen molar-refractivity contribution in [2.45, 2.75) is 39.0 Å². The second-order valence-corrected chi connectivity index (χ2v) is 8.98. The Morgan fingerprint density at radius 3 is 2.62 bits per heavy atom. The van der Waals surface area contributed by atoms with Gasteiger partial charge in [-0.2, -0.15) is 11.8 Å². The zero-order chi connectivity index (χ0) is 21.0. The van der Waals surface area contributed by atoms with Gasteiger partial charge in [0.25, 0.3) is 0 Å². The third-order valence-electron chi connectivity index (χ3n) is 5.40. The van der Waals surface area contributed by atoms with E-state index in [1.54, 1.807) is 11.8 Å². The fourth-order valence-electron chi connectivity index (χ4n) is 3.97. The number of nitrogens with one attached hydrogen (secondary N) is 1. The molecule has 1 aliphatic heterocycles. The molecule has 0 saturated carbocycles. The highest BCUT2D eigenvalue weighted by Gasteiger charge is 2.39. The molecule has 0 amide bonds. The number of thioether (sulfide) groups is 1. The lowest BCUT2D eigenvalue weighted by atomic mass is 9.75. The summed E-state index contributed by atoms with van der Waals surface area (Å²) < 4.78 is 5.58. The summed E-state index contributed by atoms with van der Waals surface area (Å²) in [5.74, 6) is 1.18. The van der Waals surface area contributed by atoms with Crippen LogP contribution in [0.25, 0.3) is 0 Å². The number of hydrogen-bond acceptors (Lipinski definition) is 6. The lowest BCUT2D eigenvalue weighted by Gasteiger charge is -2.34. The number of nitrogens with zero attached hydrogens (tertiary/aromatic N) is 1. The van der Waals surface area contributed by atoms with Crippen molar-refractivity contribution < 1.29 is 14.3 Å². The van der Waals surface area contributed by atoms with Gasteiger partial charge in [-0.15, -0.1) is 0 Å². The minimum absolute atomic E-state index is 0.125. The van der Waals surface area contributed by atoms with E-state index in [9.17, 15) is 9.59 Å². The highest BCUT2D eigenvalue weighted by Crippen LogP contribution is 2.42. The van der Waals surface area contributed by atoms with Gasteiger partial charge in [-0.3, -0.25) is 4.79 Å². The van der Waals surface area contributed by atoms with Gasteiger partial charge in [0.05, 0.1) is 5.57 Å². The minimum Gasteiger partial charge on any atom is -0.461 e. The Labute approximate surface area is 177 Å². The summed E-state index contributed by atoms with van der Waals surface area (Å²) in [4.78, 5) is 27.9. The number of esters is 1. The van der Waals surface area contributed by atoms with Crippen LogP contribution in [0.2, 0.25) is 0 Å². The second-order valence-electron chi connectivity index (χ2n) is 7.58. The molecule has 156 valence electrons. The van der Waals surface area contributed by atoms with Crippen molar-refractivity contribution in [3.05, 3.63) is 52.4 Å². The summed E-state index contributed by atoms with van der Waals surface area (Å²) in [6.45, 7) is 4.36. The zero-order valence-electron chi connectivity index (χ0n) is 17.7. The van der Waals surface area contributed by atoms with Gasteiger partial charge in [0, 0.05) is 54.8 Å². The smallest absolute Gasteiger partial charge is 0.336 e. The molecule has 1 aromatic rings. The molecule has 3 rings (SSSR count). The third-order valence-corrected chi connectivity index (χ3v) is 6.27. The molecule has 29 heavy (non-hydrogen) atoms. The predicted octanol–water partition coefficient (Wildman–Crippen LogP) is 4.02. The first kappa shape index (κ1) is 21.5. The fourth-order valence-corrected chi connectivity index (χ4v) is 4.46. The Morgan fingerprint density at radius 2 is 1.97 bits per heavy atom. The molecule has 1 N–H and O–H groups in total. The van der Waals surface area contributed by atoms with Gasteiger partial charge in [-0.25, -0.2) is 4.79 Å². The molecule has 1 atom stereocenters. The lowest BCUT2D eigenvalue weighted by Crippen LogP contribution is -2.34. The molecule has 1 aromatic carbocycles. The molecule has 1 aliphatic carbocycles. The van der Waals surface area contributed by atoms with Crippen LogP contribution in [0.15, 0.2) is 46.8 Å². The monoisotopic (exact) mass is 414 g/mol. The molecule has 1 unspecified atom stereocenters. The molecule has 0 radical (unpaired) electrons. The van der Waals surface area contributed by atoms with Crippen molar-refractivity contribution in [1.82, 2.24) is 5.32 Å². The van der Waals surface area contributed by atoms with Gasteiger partial charge in [-0.1, -0.05) is 19.1 Å². The zero-order valence-corrected chi connectivity index (χ0v) is 18.5. The van der Waals surface area contributed by atoms with E-state index >= 15 is 0 Å². The maximum absolute atomic E-state index is 13.0. The normalized spacial score (nSPS) is 19.0. The van der Waals surface area contributed by atoms with Crippen molar-refractivity contribution in [1.29, 1.82) is 0 Å². The fraction of sp³-hybridized carbons (Fsp3) is 0.478. The Morgan fingerprint density at radius 1 is 1.24 bits per heavy atom. The van der Waals surface area contributed by atoms with Crippen LogP contribution >= 0.6 is 11.8 Å². The lowest BCUT2D eigenvalue weighted by molar-refractivity contribution is -0.138. The highest BCUT2D eigenvalue weighted by atomic mass is 32.2. The van der Waals surface area contributed by atoms with Gasteiger partial charge >= 0.3 is 5.97 Å². The number of rotatable bonds is 7. The Balaban J connectivity index is 1.98. The Hall–Kier alpha value is -2.21. The number of benzene rings is 1. The van der Waals surface area contributed by atoms with E-state index in [1.165, 1.54) is 0 Å². The van der Waals surface area contributed by atoms with Crippen LogP contribution in [0.4, 0.5) is 5.69 Å². The molecule has 0 bridgehead atoms. The second kappa shape index (κ2) is 9.53. The van der Waals surface area contributed by atoms with Gasteiger partial charge in [0.2, 0.25) is 0 Å². The van der Waals surface area contributed by atoms with E-state index in [-0.39, 0.29) is 17.7 Å². The van der Waals surface area contributed by atoms with E-state index in [4.69, 9.17) is 4.74 Å². The van der Waals surface area contributed by atoms with Crippen LogP contribution in [-0.4, -0.2) is 44.0 Å². The molecule has 6 heteroatoms. The first-order valence-electron chi connectivity index (χ1n) is 10.2. The maximum atomic E-state index is 13.0. The van der Waals surface area contributed by atoms with E-state index in [1.807, 2.05) is 50.2 Å². The summed E-state index contributed by atoms with van der Waals surface area (Å²) in [7, 11) is 3.98. The van der Waals surface area contributed by atoms with E-state index < -0.39 is 0 Å². The maximum Gasteiger partial charge on any atom is 0.336 e. The van der Waals surface area contributed by atoms with E-state index in [0.29, 0.717) is 18.6 Å². The average molecular weight is 415 g/mol. The molecule has 0 spiro atoms. The molecule has 1 heterocycles. The number of dihydropyridines is 1. The molecule has 5 nitrogen and oxygen atoms in total. The summed E-state index contributed by atoms with van der Waals surface area (Å²) in [6, 6.07) is 8.10. The quantitative estimate of drug-likeness (QED) is 0.537. The van der Waals surface area contributed by atoms with Gasteiger partial charge in [0.1, 0.15) is 6.61 Å². The van der Waals surface area contributed by atoms with Crippen LogP contribution in [0, 0.1) is 0 Å². The molecular formula is C23H30N2O3S. The summed E-state index contributed by atoms with van der Waals surface area (Å²) in [6.07, 6.45) is 2.21. The molecule has 0 fully saturated rings. The number of Topliss-reactive ketones (excluding diaryl/α,β-unsaturated/α-hetero) is 1. The van der Waals surface area contributed by atoms with Gasteiger partial charge in [-0.05, 0) is 43.2 Å². The van der Waals surface area contributed by atoms with Crippen LogP contribution in [0.5, 0.6) is 0 Å². The highest BCUT2D eigenvalue weighted by molar-refractivity contribution is 7.99. The Bertz CT molecular complexity index is 840. The summed E-state index contributed by atoms with van der Waals surface area (Å²) >= 11 is 1.74. The number of carbonyl (C=O) groups excluding carboxylic acids is 2. The summed E-state index contributed by atoms with van der Waals surface area (Å²) in [5.41, 5.74) is 5.06. The van der Waals surface area contributed by atoms with Crippen LogP contribution in [-0.2, 0) is 14.3 Å². The number of ether oxygens (including phenoxy) is 1.